The first-order valence-corrected chi connectivity index (χ1v) is 6.13. The zero-order valence-corrected chi connectivity index (χ0v) is 10.7. The van der Waals surface area contributed by atoms with E-state index < -0.39 is 13.0 Å². The Balaban J connectivity index is 2.25. The number of pyridine rings is 1. The van der Waals surface area contributed by atoms with E-state index in [1.54, 1.807) is 18.2 Å². The fourth-order valence-electron chi connectivity index (χ4n) is 1.87. The number of halogens is 2. The summed E-state index contributed by atoms with van der Waals surface area (Å²) in [5.41, 5.74) is 1.13. The lowest BCUT2D eigenvalue weighted by Crippen LogP contribution is -2.29. The normalized spacial score (nSPS) is 10.3. The molecule has 1 aromatic carbocycles. The highest BCUT2D eigenvalue weighted by Gasteiger charge is 2.14. The molecule has 0 spiro atoms. The van der Waals surface area contributed by atoms with Crippen LogP contribution in [0.1, 0.15) is 11.3 Å². The molecular weight excluding hydrogens is 260 g/mol. The molecule has 0 bridgehead atoms. The number of nitriles is 1. The SMILES string of the molecule is N#Cc1cccc(N(Cc2ccccc2)CC(F)F)n1. The fraction of sp³-hybridized carbons (Fsp3) is 0.200. The van der Waals surface area contributed by atoms with E-state index in [2.05, 4.69) is 4.98 Å². The average molecular weight is 273 g/mol. The Kier molecular flexibility index (Phi) is 4.61. The molecule has 0 N–H and O–H groups in total. The maximum absolute atomic E-state index is 12.7. The fourth-order valence-corrected chi connectivity index (χ4v) is 1.87. The molecule has 0 radical (unpaired) electrons. The second-order valence-electron chi connectivity index (χ2n) is 4.25. The largest absolute Gasteiger partial charge is 0.347 e. The van der Waals surface area contributed by atoms with Gasteiger partial charge in [-0.3, -0.25) is 0 Å². The number of hydrogen-bond acceptors (Lipinski definition) is 3. The summed E-state index contributed by atoms with van der Waals surface area (Å²) in [5.74, 6) is 0.383. The van der Waals surface area contributed by atoms with Crippen LogP contribution in [-0.4, -0.2) is 18.0 Å². The van der Waals surface area contributed by atoms with Crippen LogP contribution in [0.15, 0.2) is 48.5 Å². The van der Waals surface area contributed by atoms with Crippen LogP contribution in [0.4, 0.5) is 14.6 Å². The molecule has 0 atom stereocenters. The predicted molar refractivity (Wildman–Crippen MR) is 72.4 cm³/mol. The summed E-state index contributed by atoms with van der Waals surface area (Å²) in [6, 6.07) is 16.1. The van der Waals surface area contributed by atoms with Gasteiger partial charge in [0.15, 0.2) is 0 Å². The second-order valence-corrected chi connectivity index (χ2v) is 4.25. The highest BCUT2D eigenvalue weighted by Crippen LogP contribution is 2.16. The van der Waals surface area contributed by atoms with Crippen molar-refractivity contribution in [1.29, 1.82) is 5.26 Å². The van der Waals surface area contributed by atoms with Gasteiger partial charge in [0, 0.05) is 6.54 Å². The van der Waals surface area contributed by atoms with Crippen molar-refractivity contribution in [1.82, 2.24) is 4.98 Å². The van der Waals surface area contributed by atoms with Crippen LogP contribution in [0.25, 0.3) is 0 Å². The Morgan fingerprint density at radius 2 is 1.85 bits per heavy atom. The third-order valence-electron chi connectivity index (χ3n) is 2.75. The zero-order valence-electron chi connectivity index (χ0n) is 10.7. The monoisotopic (exact) mass is 273 g/mol. The number of anilines is 1. The maximum atomic E-state index is 12.7. The van der Waals surface area contributed by atoms with E-state index >= 15 is 0 Å². The lowest BCUT2D eigenvalue weighted by Gasteiger charge is -2.23. The summed E-state index contributed by atoms with van der Waals surface area (Å²) >= 11 is 0. The number of aromatic nitrogens is 1. The van der Waals surface area contributed by atoms with E-state index in [9.17, 15) is 8.78 Å². The molecule has 1 aromatic heterocycles. The van der Waals surface area contributed by atoms with Gasteiger partial charge in [0.05, 0.1) is 6.54 Å². The molecule has 2 rings (SSSR count). The molecule has 3 nitrogen and oxygen atoms in total. The predicted octanol–water partition coefficient (Wildman–Crippen LogP) is 3.22. The van der Waals surface area contributed by atoms with Crippen molar-refractivity contribution in [3.05, 3.63) is 59.8 Å². The van der Waals surface area contributed by atoms with Crippen LogP contribution < -0.4 is 4.90 Å². The molecule has 0 aliphatic carbocycles. The molecule has 0 aliphatic rings. The third kappa shape index (κ3) is 3.75. The second kappa shape index (κ2) is 6.62. The molecular formula is C15H13F2N3. The summed E-state index contributed by atoms with van der Waals surface area (Å²) < 4.78 is 25.4. The number of nitrogens with zero attached hydrogens (tertiary/aromatic N) is 3. The topological polar surface area (TPSA) is 39.9 Å². The van der Waals surface area contributed by atoms with Crippen molar-refractivity contribution in [2.75, 3.05) is 11.4 Å². The summed E-state index contributed by atoms with van der Waals surface area (Å²) in [4.78, 5) is 5.55. The lowest BCUT2D eigenvalue weighted by molar-refractivity contribution is 0.154. The minimum absolute atomic E-state index is 0.217. The van der Waals surface area contributed by atoms with E-state index in [-0.39, 0.29) is 5.69 Å². The van der Waals surface area contributed by atoms with Crippen molar-refractivity contribution in [2.24, 2.45) is 0 Å². The van der Waals surface area contributed by atoms with Crippen molar-refractivity contribution in [3.8, 4) is 6.07 Å². The number of alkyl halides is 2. The highest BCUT2D eigenvalue weighted by molar-refractivity contribution is 5.42. The van der Waals surface area contributed by atoms with Gasteiger partial charge in [0.25, 0.3) is 6.43 Å². The molecule has 102 valence electrons. The molecule has 0 saturated carbocycles. The summed E-state index contributed by atoms with van der Waals surface area (Å²) in [6.07, 6.45) is -2.47. The Bertz CT molecular complexity index is 594. The molecule has 20 heavy (non-hydrogen) atoms. The Labute approximate surface area is 116 Å². The summed E-state index contributed by atoms with van der Waals surface area (Å²) in [7, 11) is 0. The molecule has 0 saturated heterocycles. The minimum atomic E-state index is -2.47. The van der Waals surface area contributed by atoms with Gasteiger partial charge < -0.3 is 4.90 Å². The van der Waals surface area contributed by atoms with E-state index in [1.165, 1.54) is 4.90 Å². The van der Waals surface area contributed by atoms with Gasteiger partial charge in [0.2, 0.25) is 0 Å². The highest BCUT2D eigenvalue weighted by atomic mass is 19.3. The summed E-state index contributed by atoms with van der Waals surface area (Å²) in [5, 5.41) is 8.84. The first-order valence-electron chi connectivity index (χ1n) is 6.13. The molecule has 0 amide bonds. The molecule has 0 unspecified atom stereocenters. The first-order chi connectivity index (χ1) is 9.69. The van der Waals surface area contributed by atoms with Crippen LogP contribution in [0.3, 0.4) is 0 Å². The summed E-state index contributed by atoms with van der Waals surface area (Å²) in [6.45, 7) is -0.0934. The van der Waals surface area contributed by atoms with E-state index in [0.29, 0.717) is 12.4 Å². The van der Waals surface area contributed by atoms with Gasteiger partial charge in [-0.1, -0.05) is 36.4 Å². The van der Waals surface area contributed by atoms with E-state index in [1.807, 2.05) is 36.4 Å². The quantitative estimate of drug-likeness (QED) is 0.839. The molecule has 0 fully saturated rings. The Morgan fingerprint density at radius 3 is 2.50 bits per heavy atom. The van der Waals surface area contributed by atoms with Crippen molar-refractivity contribution in [2.45, 2.75) is 13.0 Å². The van der Waals surface area contributed by atoms with Crippen LogP contribution in [0.2, 0.25) is 0 Å². The van der Waals surface area contributed by atoms with E-state index in [0.717, 1.165) is 5.56 Å². The van der Waals surface area contributed by atoms with Gasteiger partial charge in [-0.15, -0.1) is 0 Å². The van der Waals surface area contributed by atoms with Crippen LogP contribution in [0, 0.1) is 11.3 Å². The smallest absolute Gasteiger partial charge is 0.255 e. The van der Waals surface area contributed by atoms with Crippen LogP contribution in [-0.2, 0) is 6.54 Å². The van der Waals surface area contributed by atoms with Crippen molar-refractivity contribution in [3.63, 3.8) is 0 Å². The van der Waals surface area contributed by atoms with Crippen molar-refractivity contribution >= 4 is 5.82 Å². The standard InChI is InChI=1S/C15H13F2N3/c16-14(17)11-20(10-12-5-2-1-3-6-12)15-8-4-7-13(9-18)19-15/h1-8,14H,10-11H2. The lowest BCUT2D eigenvalue weighted by atomic mass is 10.2. The third-order valence-corrected chi connectivity index (χ3v) is 2.75. The van der Waals surface area contributed by atoms with Gasteiger partial charge >= 0.3 is 0 Å². The number of rotatable bonds is 5. The number of hydrogen-bond donors (Lipinski definition) is 0. The van der Waals surface area contributed by atoms with Gasteiger partial charge in [-0.25, -0.2) is 13.8 Å². The first kappa shape index (κ1) is 13.9. The average Bonchev–Trinajstić information content (AvgIpc) is 2.47. The number of benzene rings is 1. The van der Waals surface area contributed by atoms with Gasteiger partial charge in [-0.05, 0) is 17.7 Å². The van der Waals surface area contributed by atoms with Gasteiger partial charge in [0.1, 0.15) is 17.6 Å². The molecule has 1 heterocycles. The zero-order chi connectivity index (χ0) is 14.4. The van der Waals surface area contributed by atoms with E-state index in [4.69, 9.17) is 5.26 Å². The molecule has 0 aliphatic heterocycles. The van der Waals surface area contributed by atoms with Gasteiger partial charge in [-0.2, -0.15) is 5.26 Å². The molecule has 5 heteroatoms. The Morgan fingerprint density at radius 1 is 1.10 bits per heavy atom. The van der Waals surface area contributed by atoms with Crippen molar-refractivity contribution < 1.29 is 8.78 Å². The van der Waals surface area contributed by atoms with Crippen LogP contribution in [0.5, 0.6) is 0 Å². The Hall–Kier alpha value is -2.48. The maximum Gasteiger partial charge on any atom is 0.255 e. The molecule has 2 aromatic rings. The van der Waals surface area contributed by atoms with Crippen LogP contribution >= 0.6 is 0 Å². The minimum Gasteiger partial charge on any atom is -0.347 e.